The van der Waals surface area contributed by atoms with Crippen LogP contribution >= 0.6 is 0 Å². The maximum atomic E-state index is 12.6. The minimum absolute atomic E-state index is 0.0241. The largest absolute Gasteiger partial charge is 0.493 e. The Kier molecular flexibility index (Phi) is 6.75. The van der Waals surface area contributed by atoms with Crippen molar-refractivity contribution in [1.82, 2.24) is 10.3 Å². The molecule has 0 spiro atoms. The lowest BCUT2D eigenvalue weighted by molar-refractivity contribution is -0.155. The standard InChI is InChI=1S/C23H25N3O5/c1-13-16(14(2)25-23(29)18(13)12-24)8-9-21(27)31-15(3)22(28)26-19-10-11-30-20-7-5-4-6-17(19)20/h4-7,15,19H,8-11H2,1-3H3,(H,25,29)(H,26,28). The number of carbonyl (C=O) groups is 2. The molecule has 0 radical (unpaired) electrons. The molecule has 1 aliphatic heterocycles. The van der Waals surface area contributed by atoms with Gasteiger partial charge >= 0.3 is 5.97 Å². The average Bonchev–Trinajstić information content (AvgIpc) is 2.73. The quantitative estimate of drug-likeness (QED) is 0.688. The molecule has 0 fully saturated rings. The molecule has 2 atom stereocenters. The van der Waals surface area contributed by atoms with Gasteiger partial charge in [0.05, 0.1) is 12.6 Å². The van der Waals surface area contributed by atoms with Crippen molar-refractivity contribution in [2.45, 2.75) is 52.2 Å². The highest BCUT2D eigenvalue weighted by atomic mass is 16.5. The molecule has 1 aromatic heterocycles. The topological polar surface area (TPSA) is 121 Å². The van der Waals surface area contributed by atoms with Crippen LogP contribution in [-0.2, 0) is 20.7 Å². The van der Waals surface area contributed by atoms with Crippen molar-refractivity contribution in [2.75, 3.05) is 6.61 Å². The minimum atomic E-state index is -0.949. The number of aryl methyl sites for hydroxylation is 1. The van der Waals surface area contributed by atoms with Gasteiger partial charge in [-0.25, -0.2) is 0 Å². The molecule has 162 valence electrons. The van der Waals surface area contributed by atoms with Crippen LogP contribution in [0.15, 0.2) is 29.1 Å². The van der Waals surface area contributed by atoms with E-state index in [4.69, 9.17) is 14.7 Å². The van der Waals surface area contributed by atoms with Crippen LogP contribution < -0.4 is 15.6 Å². The first-order valence-corrected chi connectivity index (χ1v) is 10.2. The number of carbonyl (C=O) groups excluding carboxylic acids is 2. The predicted molar refractivity (Wildman–Crippen MR) is 113 cm³/mol. The summed E-state index contributed by atoms with van der Waals surface area (Å²) in [4.78, 5) is 39.3. The molecule has 0 aliphatic carbocycles. The van der Waals surface area contributed by atoms with Crippen LogP contribution in [0.2, 0.25) is 0 Å². The molecule has 3 rings (SSSR count). The number of ether oxygens (including phenoxy) is 2. The van der Waals surface area contributed by atoms with Crippen molar-refractivity contribution in [3.05, 3.63) is 62.6 Å². The van der Waals surface area contributed by atoms with E-state index in [1.54, 1.807) is 13.8 Å². The van der Waals surface area contributed by atoms with Crippen molar-refractivity contribution in [2.24, 2.45) is 0 Å². The lowest BCUT2D eigenvalue weighted by atomic mass is 9.99. The Morgan fingerprint density at radius 1 is 1.35 bits per heavy atom. The number of hydrogen-bond acceptors (Lipinski definition) is 6. The number of rotatable bonds is 6. The average molecular weight is 423 g/mol. The number of aromatic amines is 1. The molecule has 1 aliphatic rings. The van der Waals surface area contributed by atoms with Crippen molar-refractivity contribution in [3.8, 4) is 11.8 Å². The highest BCUT2D eigenvalue weighted by molar-refractivity contribution is 5.83. The van der Waals surface area contributed by atoms with Gasteiger partial charge in [0.25, 0.3) is 11.5 Å². The molecule has 0 bridgehead atoms. The van der Waals surface area contributed by atoms with Gasteiger partial charge in [0.2, 0.25) is 0 Å². The fourth-order valence-corrected chi connectivity index (χ4v) is 3.74. The summed E-state index contributed by atoms with van der Waals surface area (Å²) in [6.45, 7) is 5.43. The molecule has 0 saturated carbocycles. The van der Waals surface area contributed by atoms with Crippen molar-refractivity contribution >= 4 is 11.9 Å². The van der Waals surface area contributed by atoms with Crippen LogP contribution in [0.5, 0.6) is 5.75 Å². The van der Waals surface area contributed by atoms with E-state index in [0.717, 1.165) is 16.9 Å². The SMILES string of the molecule is Cc1[nH]c(=O)c(C#N)c(C)c1CCC(=O)OC(C)C(=O)NC1CCOc2ccccc21. The van der Waals surface area contributed by atoms with Gasteiger partial charge in [0, 0.05) is 24.1 Å². The second kappa shape index (κ2) is 9.47. The van der Waals surface area contributed by atoms with E-state index in [2.05, 4.69) is 10.3 Å². The molecular weight excluding hydrogens is 398 g/mol. The normalized spacial score (nSPS) is 15.7. The fraction of sp³-hybridized carbons (Fsp3) is 0.391. The van der Waals surface area contributed by atoms with Gasteiger partial charge in [-0.3, -0.25) is 14.4 Å². The minimum Gasteiger partial charge on any atom is -0.493 e. The third-order valence-electron chi connectivity index (χ3n) is 5.45. The molecule has 0 saturated heterocycles. The van der Waals surface area contributed by atoms with Gasteiger partial charge in [-0.05, 0) is 44.4 Å². The van der Waals surface area contributed by atoms with Crippen LogP contribution in [-0.4, -0.2) is 29.6 Å². The Hall–Kier alpha value is -3.60. The van der Waals surface area contributed by atoms with Crippen LogP contribution in [0, 0.1) is 25.2 Å². The summed E-state index contributed by atoms with van der Waals surface area (Å²) in [5.41, 5.74) is 2.39. The molecule has 8 nitrogen and oxygen atoms in total. The number of nitriles is 1. The number of fused-ring (bicyclic) bond motifs is 1. The first-order chi connectivity index (χ1) is 14.8. The van der Waals surface area contributed by atoms with E-state index in [-0.39, 0.29) is 23.9 Å². The molecule has 1 aromatic carbocycles. The molecule has 31 heavy (non-hydrogen) atoms. The number of aromatic nitrogens is 1. The van der Waals surface area contributed by atoms with E-state index < -0.39 is 17.6 Å². The number of hydrogen-bond donors (Lipinski definition) is 2. The summed E-state index contributed by atoms with van der Waals surface area (Å²) in [6.07, 6.45) is 0.00461. The molecule has 2 unspecified atom stereocenters. The number of nitrogens with one attached hydrogen (secondary N) is 2. The zero-order valence-corrected chi connectivity index (χ0v) is 17.8. The fourth-order valence-electron chi connectivity index (χ4n) is 3.74. The number of H-pyrrole nitrogens is 1. The molecule has 8 heteroatoms. The summed E-state index contributed by atoms with van der Waals surface area (Å²) in [5, 5.41) is 12.1. The van der Waals surface area contributed by atoms with Crippen molar-refractivity contribution < 1.29 is 19.1 Å². The zero-order chi connectivity index (χ0) is 22.5. The Balaban J connectivity index is 1.58. The number of para-hydroxylation sites is 1. The summed E-state index contributed by atoms with van der Waals surface area (Å²) in [6, 6.07) is 9.21. The summed E-state index contributed by atoms with van der Waals surface area (Å²) in [5.74, 6) is -0.163. The lowest BCUT2D eigenvalue weighted by Crippen LogP contribution is -2.39. The summed E-state index contributed by atoms with van der Waals surface area (Å²) < 4.78 is 10.9. The Bertz CT molecular complexity index is 1100. The van der Waals surface area contributed by atoms with E-state index in [0.29, 0.717) is 30.7 Å². The van der Waals surface area contributed by atoms with E-state index in [9.17, 15) is 14.4 Å². The Labute approximate surface area is 180 Å². The summed E-state index contributed by atoms with van der Waals surface area (Å²) >= 11 is 0. The van der Waals surface area contributed by atoms with Gasteiger partial charge in [0.15, 0.2) is 6.10 Å². The van der Waals surface area contributed by atoms with Gasteiger partial charge in [-0.1, -0.05) is 18.2 Å². The molecule has 2 heterocycles. The molecule has 2 aromatic rings. The third-order valence-corrected chi connectivity index (χ3v) is 5.45. The second-order valence-corrected chi connectivity index (χ2v) is 7.54. The number of esters is 1. The number of benzene rings is 1. The second-order valence-electron chi connectivity index (χ2n) is 7.54. The van der Waals surface area contributed by atoms with Gasteiger partial charge in [-0.2, -0.15) is 5.26 Å². The third kappa shape index (κ3) is 4.94. The van der Waals surface area contributed by atoms with Crippen molar-refractivity contribution in [1.29, 1.82) is 5.26 Å². The molecule has 2 N–H and O–H groups in total. The van der Waals surface area contributed by atoms with Crippen LogP contribution in [0.1, 0.15) is 53.8 Å². The molecular formula is C23H25N3O5. The van der Waals surface area contributed by atoms with Gasteiger partial charge in [-0.15, -0.1) is 0 Å². The van der Waals surface area contributed by atoms with E-state index in [1.807, 2.05) is 30.3 Å². The first-order valence-electron chi connectivity index (χ1n) is 10.2. The maximum Gasteiger partial charge on any atom is 0.306 e. The Morgan fingerprint density at radius 2 is 2.10 bits per heavy atom. The molecule has 1 amide bonds. The van der Waals surface area contributed by atoms with Crippen LogP contribution in [0.3, 0.4) is 0 Å². The van der Waals surface area contributed by atoms with E-state index >= 15 is 0 Å². The monoisotopic (exact) mass is 423 g/mol. The number of pyridine rings is 1. The van der Waals surface area contributed by atoms with Crippen molar-refractivity contribution in [3.63, 3.8) is 0 Å². The van der Waals surface area contributed by atoms with Gasteiger partial charge in [0.1, 0.15) is 17.4 Å². The predicted octanol–water partition coefficient (Wildman–Crippen LogP) is 2.37. The van der Waals surface area contributed by atoms with E-state index in [1.165, 1.54) is 6.92 Å². The zero-order valence-electron chi connectivity index (χ0n) is 17.8. The maximum absolute atomic E-state index is 12.6. The Morgan fingerprint density at radius 3 is 2.84 bits per heavy atom. The van der Waals surface area contributed by atoms with Crippen LogP contribution in [0.25, 0.3) is 0 Å². The number of amides is 1. The lowest BCUT2D eigenvalue weighted by Gasteiger charge is -2.27. The van der Waals surface area contributed by atoms with Crippen LogP contribution in [0.4, 0.5) is 0 Å². The smallest absolute Gasteiger partial charge is 0.306 e. The highest BCUT2D eigenvalue weighted by Crippen LogP contribution is 2.31. The number of nitrogens with zero attached hydrogens (tertiary/aromatic N) is 1. The van der Waals surface area contributed by atoms with Gasteiger partial charge < -0.3 is 19.8 Å². The first kappa shape index (κ1) is 22.1. The highest BCUT2D eigenvalue weighted by Gasteiger charge is 2.26. The summed E-state index contributed by atoms with van der Waals surface area (Å²) in [7, 11) is 0.